The summed E-state index contributed by atoms with van der Waals surface area (Å²) in [6.07, 6.45) is 3.52. The van der Waals surface area contributed by atoms with Crippen LogP contribution in [0.2, 0.25) is 0 Å². The number of hydrogen-bond donors (Lipinski definition) is 2. The number of nitrogens with one attached hydrogen (secondary N) is 1. The molecule has 112 valence electrons. The first-order chi connectivity index (χ1) is 9.27. The molecule has 1 saturated carbocycles. The number of ether oxygens (including phenoxy) is 1. The number of nitrogens with two attached hydrogens (primary N) is 1. The third kappa shape index (κ3) is 2.88. The van der Waals surface area contributed by atoms with Gasteiger partial charge in [0.1, 0.15) is 0 Å². The van der Waals surface area contributed by atoms with E-state index >= 15 is 0 Å². The molecule has 0 aromatic heterocycles. The van der Waals surface area contributed by atoms with Crippen molar-refractivity contribution in [2.45, 2.75) is 43.0 Å². The van der Waals surface area contributed by atoms with Gasteiger partial charge in [0.05, 0.1) is 17.7 Å². The number of nitrogen functional groups attached to an aromatic ring is 1. The van der Waals surface area contributed by atoms with E-state index in [9.17, 15) is 12.8 Å². The molecule has 0 unspecified atom stereocenters. The van der Waals surface area contributed by atoms with Gasteiger partial charge in [-0.3, -0.25) is 0 Å². The highest BCUT2D eigenvalue weighted by atomic mass is 32.2. The van der Waals surface area contributed by atoms with E-state index in [2.05, 4.69) is 4.72 Å². The number of rotatable bonds is 4. The molecule has 1 aliphatic rings. The van der Waals surface area contributed by atoms with Crippen molar-refractivity contribution in [2.75, 3.05) is 12.8 Å². The van der Waals surface area contributed by atoms with E-state index in [1.807, 2.05) is 6.92 Å². The van der Waals surface area contributed by atoms with Gasteiger partial charge in [0.2, 0.25) is 10.0 Å². The summed E-state index contributed by atoms with van der Waals surface area (Å²) in [5.74, 6) is -0.930. The summed E-state index contributed by atoms with van der Waals surface area (Å²) in [4.78, 5) is -0.179. The van der Waals surface area contributed by atoms with Crippen LogP contribution < -0.4 is 15.2 Å². The monoisotopic (exact) mass is 302 g/mol. The minimum absolute atomic E-state index is 0.0375. The quantitative estimate of drug-likeness (QED) is 0.834. The molecule has 3 N–H and O–H groups in total. The fourth-order valence-corrected chi connectivity index (χ4v) is 4.11. The van der Waals surface area contributed by atoms with Crippen LogP contribution in [-0.4, -0.2) is 21.1 Å². The van der Waals surface area contributed by atoms with Crippen LogP contribution in [0.3, 0.4) is 0 Å². The van der Waals surface area contributed by atoms with Crippen LogP contribution >= 0.6 is 0 Å². The molecule has 1 fully saturated rings. The zero-order valence-electron chi connectivity index (χ0n) is 11.6. The largest absolute Gasteiger partial charge is 0.492 e. The SMILES string of the molecule is COc1c(N)cc(S(=O)(=O)NC2(C)CCCC2)cc1F. The third-order valence-electron chi connectivity index (χ3n) is 3.65. The Morgan fingerprint density at radius 3 is 2.45 bits per heavy atom. The fraction of sp³-hybridized carbons (Fsp3) is 0.538. The number of hydrogen-bond acceptors (Lipinski definition) is 4. The van der Waals surface area contributed by atoms with Gasteiger partial charge in [-0.25, -0.2) is 17.5 Å². The van der Waals surface area contributed by atoms with Crippen molar-refractivity contribution in [3.63, 3.8) is 0 Å². The van der Waals surface area contributed by atoms with Crippen molar-refractivity contribution < 1.29 is 17.5 Å². The Hall–Kier alpha value is -1.34. The fourth-order valence-electron chi connectivity index (χ4n) is 2.60. The summed E-state index contributed by atoms with van der Waals surface area (Å²) < 4.78 is 45.8. The average Bonchev–Trinajstić information content (AvgIpc) is 2.74. The predicted molar refractivity (Wildman–Crippen MR) is 74.6 cm³/mol. The zero-order chi connectivity index (χ0) is 15.0. The number of anilines is 1. The van der Waals surface area contributed by atoms with E-state index < -0.39 is 21.4 Å². The average molecular weight is 302 g/mol. The van der Waals surface area contributed by atoms with Gasteiger partial charge in [-0.1, -0.05) is 12.8 Å². The number of benzene rings is 1. The lowest BCUT2D eigenvalue weighted by molar-refractivity contribution is 0.387. The van der Waals surface area contributed by atoms with Gasteiger partial charge in [-0.15, -0.1) is 0 Å². The lowest BCUT2D eigenvalue weighted by Crippen LogP contribution is -2.43. The normalized spacial score (nSPS) is 18.1. The Kier molecular flexibility index (Phi) is 3.93. The van der Waals surface area contributed by atoms with E-state index in [-0.39, 0.29) is 16.3 Å². The minimum Gasteiger partial charge on any atom is -0.492 e. The summed E-state index contributed by atoms with van der Waals surface area (Å²) in [7, 11) is -2.52. The van der Waals surface area contributed by atoms with Gasteiger partial charge < -0.3 is 10.5 Å². The first kappa shape index (κ1) is 15.1. The van der Waals surface area contributed by atoms with Gasteiger partial charge in [-0.05, 0) is 31.9 Å². The van der Waals surface area contributed by atoms with Crippen LogP contribution in [0.25, 0.3) is 0 Å². The van der Waals surface area contributed by atoms with E-state index in [1.165, 1.54) is 13.2 Å². The Bertz CT molecular complexity index is 587. The van der Waals surface area contributed by atoms with Crippen molar-refractivity contribution in [3.8, 4) is 5.75 Å². The molecule has 5 nitrogen and oxygen atoms in total. The van der Waals surface area contributed by atoms with Crippen LogP contribution in [0.5, 0.6) is 5.75 Å². The second kappa shape index (κ2) is 5.21. The molecule has 0 bridgehead atoms. The minimum atomic E-state index is -3.80. The highest BCUT2D eigenvalue weighted by Crippen LogP contribution is 2.32. The lowest BCUT2D eigenvalue weighted by atomic mass is 10.0. The molecular weight excluding hydrogens is 283 g/mol. The Balaban J connectivity index is 2.35. The molecule has 0 saturated heterocycles. The standard InChI is InChI=1S/C13H19FN2O3S/c1-13(5-3-4-6-13)16-20(17,18)9-7-10(14)12(19-2)11(15)8-9/h7-8,16H,3-6,15H2,1-2H3. The van der Waals surface area contributed by atoms with Crippen LogP contribution in [-0.2, 0) is 10.0 Å². The van der Waals surface area contributed by atoms with E-state index in [4.69, 9.17) is 10.5 Å². The molecule has 0 atom stereocenters. The second-order valence-corrected chi connectivity index (χ2v) is 7.08. The molecule has 2 rings (SSSR count). The number of sulfonamides is 1. The number of methoxy groups -OCH3 is 1. The first-order valence-electron chi connectivity index (χ1n) is 6.44. The molecule has 0 heterocycles. The van der Waals surface area contributed by atoms with Gasteiger partial charge in [0.25, 0.3) is 0 Å². The summed E-state index contributed by atoms with van der Waals surface area (Å²) in [6.45, 7) is 1.86. The van der Waals surface area contributed by atoms with E-state index in [0.717, 1.165) is 31.7 Å². The molecule has 1 aromatic rings. The molecule has 7 heteroatoms. The van der Waals surface area contributed by atoms with Crippen molar-refractivity contribution in [3.05, 3.63) is 17.9 Å². The summed E-state index contributed by atoms with van der Waals surface area (Å²) in [5.41, 5.74) is 5.11. The maximum absolute atomic E-state index is 13.8. The molecule has 0 radical (unpaired) electrons. The highest BCUT2D eigenvalue weighted by molar-refractivity contribution is 7.89. The number of halogens is 1. The van der Waals surface area contributed by atoms with Crippen LogP contribution in [0.15, 0.2) is 17.0 Å². The summed E-state index contributed by atoms with van der Waals surface area (Å²) >= 11 is 0. The highest BCUT2D eigenvalue weighted by Gasteiger charge is 2.34. The topological polar surface area (TPSA) is 81.4 Å². The third-order valence-corrected chi connectivity index (χ3v) is 5.27. The molecule has 0 amide bonds. The van der Waals surface area contributed by atoms with Gasteiger partial charge in [0.15, 0.2) is 11.6 Å². The van der Waals surface area contributed by atoms with Crippen LogP contribution in [0, 0.1) is 5.82 Å². The zero-order valence-corrected chi connectivity index (χ0v) is 12.4. The second-order valence-electron chi connectivity index (χ2n) is 5.40. The maximum Gasteiger partial charge on any atom is 0.241 e. The summed E-state index contributed by atoms with van der Waals surface area (Å²) in [6, 6.07) is 2.14. The van der Waals surface area contributed by atoms with Gasteiger partial charge in [0, 0.05) is 5.54 Å². The molecule has 20 heavy (non-hydrogen) atoms. The Morgan fingerprint density at radius 2 is 1.95 bits per heavy atom. The molecule has 1 aliphatic carbocycles. The molecule has 0 aliphatic heterocycles. The maximum atomic E-state index is 13.8. The molecular formula is C13H19FN2O3S. The lowest BCUT2D eigenvalue weighted by Gasteiger charge is -2.25. The molecule has 1 aromatic carbocycles. The summed E-state index contributed by atoms with van der Waals surface area (Å²) in [5, 5.41) is 0. The Labute approximate surface area is 118 Å². The van der Waals surface area contributed by atoms with Gasteiger partial charge >= 0.3 is 0 Å². The smallest absolute Gasteiger partial charge is 0.241 e. The van der Waals surface area contributed by atoms with Crippen molar-refractivity contribution in [2.24, 2.45) is 0 Å². The van der Waals surface area contributed by atoms with Crippen molar-refractivity contribution >= 4 is 15.7 Å². The Morgan fingerprint density at radius 1 is 1.35 bits per heavy atom. The predicted octanol–water partition coefficient (Wildman–Crippen LogP) is 2.03. The van der Waals surface area contributed by atoms with Crippen molar-refractivity contribution in [1.82, 2.24) is 4.72 Å². The van der Waals surface area contributed by atoms with Gasteiger partial charge in [-0.2, -0.15) is 0 Å². The molecule has 0 spiro atoms. The van der Waals surface area contributed by atoms with Crippen molar-refractivity contribution in [1.29, 1.82) is 0 Å². The van der Waals surface area contributed by atoms with E-state index in [1.54, 1.807) is 0 Å². The van der Waals surface area contributed by atoms with Crippen LogP contribution in [0.4, 0.5) is 10.1 Å². The first-order valence-corrected chi connectivity index (χ1v) is 7.93. The van der Waals surface area contributed by atoms with Crippen LogP contribution in [0.1, 0.15) is 32.6 Å². The van der Waals surface area contributed by atoms with E-state index in [0.29, 0.717) is 0 Å².